The third kappa shape index (κ3) is 8.81. The van der Waals surface area contributed by atoms with Crippen LogP contribution >= 0.6 is 23.1 Å². The summed E-state index contributed by atoms with van der Waals surface area (Å²) in [6.07, 6.45) is 3.27. The van der Waals surface area contributed by atoms with Gasteiger partial charge in [0, 0.05) is 25.2 Å². The number of benzene rings is 2. The summed E-state index contributed by atoms with van der Waals surface area (Å²) in [5, 5.41) is 13.0. The quantitative estimate of drug-likeness (QED) is 0.121. The van der Waals surface area contributed by atoms with E-state index in [9.17, 15) is 22.8 Å². The summed E-state index contributed by atoms with van der Waals surface area (Å²) in [7, 11) is -3.75. The molecule has 10 nitrogen and oxygen atoms in total. The Morgan fingerprint density at radius 2 is 1.73 bits per heavy atom. The summed E-state index contributed by atoms with van der Waals surface area (Å²) in [5.41, 5.74) is 4.30. The molecule has 0 saturated heterocycles. The number of nitrogens with zero attached hydrogens (tertiary/aromatic N) is 2. The molecule has 240 valence electrons. The van der Waals surface area contributed by atoms with Crippen molar-refractivity contribution in [1.29, 1.82) is 0 Å². The predicted octanol–water partition coefficient (Wildman–Crippen LogP) is 4.88. The zero-order chi connectivity index (χ0) is 32.6. The van der Waals surface area contributed by atoms with Gasteiger partial charge in [-0.15, -0.1) is 11.3 Å². The van der Waals surface area contributed by atoms with Gasteiger partial charge in [-0.3, -0.25) is 19.0 Å². The Morgan fingerprint density at radius 3 is 2.36 bits per heavy atom. The summed E-state index contributed by atoms with van der Waals surface area (Å²) < 4.78 is 25.0. The number of thiophene rings is 1. The van der Waals surface area contributed by atoms with Gasteiger partial charge in [0.05, 0.1) is 15.7 Å². The zero-order valence-electron chi connectivity index (χ0n) is 25.7. The number of anilines is 1. The van der Waals surface area contributed by atoms with Crippen molar-refractivity contribution in [3.8, 4) is 0 Å². The fraction of sp³-hybridized carbons (Fsp3) is 0.375. The Bertz CT molecular complexity index is 1790. The van der Waals surface area contributed by atoms with Gasteiger partial charge in [-0.1, -0.05) is 62.9 Å². The monoisotopic (exact) mass is 669 g/mol. The molecule has 0 spiro atoms. The lowest BCUT2D eigenvalue weighted by Gasteiger charge is -2.20. The molecule has 2 aromatic carbocycles. The molecule has 4 rings (SSSR count). The van der Waals surface area contributed by atoms with Gasteiger partial charge in [0.15, 0.2) is 5.16 Å². The molecule has 2 heterocycles. The number of nitrogens with one attached hydrogen (secondary N) is 2. The van der Waals surface area contributed by atoms with E-state index in [1.807, 2.05) is 30.5 Å². The number of carbonyl (C=O) groups is 2. The molecule has 13 heteroatoms. The number of amides is 2. The molecule has 4 aromatic rings. The van der Waals surface area contributed by atoms with Gasteiger partial charge in [-0.25, -0.2) is 18.5 Å². The van der Waals surface area contributed by atoms with Gasteiger partial charge in [-0.2, -0.15) is 0 Å². The number of fused-ring (bicyclic) bond motifs is 1. The second-order valence-corrected chi connectivity index (χ2v) is 14.2. The summed E-state index contributed by atoms with van der Waals surface area (Å²) in [6.45, 7) is 6.72. The first-order chi connectivity index (χ1) is 21.5. The van der Waals surface area contributed by atoms with Crippen molar-refractivity contribution in [3.05, 3.63) is 81.0 Å². The van der Waals surface area contributed by atoms with Crippen LogP contribution in [0.15, 0.2) is 68.8 Å². The third-order valence-corrected chi connectivity index (χ3v) is 10.6. The Morgan fingerprint density at radius 1 is 1.04 bits per heavy atom. The lowest BCUT2D eigenvalue weighted by Crippen LogP contribution is -2.29. The van der Waals surface area contributed by atoms with E-state index in [0.717, 1.165) is 35.2 Å². The van der Waals surface area contributed by atoms with Crippen molar-refractivity contribution in [1.82, 2.24) is 14.9 Å². The molecule has 2 aromatic heterocycles. The van der Waals surface area contributed by atoms with E-state index >= 15 is 0 Å². The minimum Gasteiger partial charge on any atom is -0.356 e. The maximum atomic E-state index is 13.5. The van der Waals surface area contributed by atoms with Crippen molar-refractivity contribution < 1.29 is 18.0 Å². The number of hydrogen-bond acceptors (Lipinski definition) is 8. The van der Waals surface area contributed by atoms with Crippen molar-refractivity contribution in [3.63, 3.8) is 0 Å². The fourth-order valence-electron chi connectivity index (χ4n) is 4.95. The van der Waals surface area contributed by atoms with Gasteiger partial charge < -0.3 is 10.6 Å². The Hall–Kier alpha value is -3.52. The molecule has 0 aliphatic rings. The molecule has 0 aliphatic carbocycles. The van der Waals surface area contributed by atoms with Gasteiger partial charge in [0.1, 0.15) is 4.70 Å². The second-order valence-electron chi connectivity index (χ2n) is 10.5. The van der Waals surface area contributed by atoms with E-state index in [1.165, 1.54) is 35.2 Å². The molecular formula is C32H39N5O5S3. The molecule has 4 N–H and O–H groups in total. The molecule has 0 saturated carbocycles. The molecular weight excluding hydrogens is 631 g/mol. The number of aryl methyl sites for hydroxylation is 2. The third-order valence-electron chi connectivity index (χ3n) is 7.46. The first-order valence-corrected chi connectivity index (χ1v) is 18.3. The number of carbonyl (C=O) groups excluding carboxylic acids is 2. The smallest absolute Gasteiger partial charge is 0.272 e. The molecule has 0 bridgehead atoms. The van der Waals surface area contributed by atoms with E-state index in [-0.39, 0.29) is 35.2 Å². The minimum atomic E-state index is -3.75. The fourth-order valence-corrected chi connectivity index (χ4v) is 7.28. The van der Waals surface area contributed by atoms with E-state index in [4.69, 9.17) is 10.1 Å². The van der Waals surface area contributed by atoms with Crippen molar-refractivity contribution in [2.24, 2.45) is 5.14 Å². The number of primary sulfonamides is 1. The number of nitrogens with two attached hydrogens (primary N) is 1. The maximum absolute atomic E-state index is 13.5. The minimum absolute atomic E-state index is 0.0385. The highest BCUT2D eigenvalue weighted by Gasteiger charge is 2.24. The number of rotatable bonds is 15. The van der Waals surface area contributed by atoms with Crippen LogP contribution in [-0.4, -0.2) is 41.6 Å². The number of aromatic nitrogens is 2. The first kappa shape index (κ1) is 34.4. The largest absolute Gasteiger partial charge is 0.356 e. The Labute approximate surface area is 271 Å². The predicted molar refractivity (Wildman–Crippen MR) is 181 cm³/mol. The highest BCUT2D eigenvalue weighted by atomic mass is 32.2. The SMILES string of the molecule is CCc1cccc(CC)c1NC(=O)C(CC)Sc1nc2ccsc2c(=O)n1CCCC(=O)NCCc1ccc(S(N)(=O)=O)cc1. The van der Waals surface area contributed by atoms with Crippen molar-refractivity contribution >= 4 is 60.8 Å². The van der Waals surface area contributed by atoms with Gasteiger partial charge >= 0.3 is 0 Å². The van der Waals surface area contributed by atoms with E-state index < -0.39 is 15.3 Å². The molecule has 0 radical (unpaired) electrons. The highest BCUT2D eigenvalue weighted by Crippen LogP contribution is 2.29. The van der Waals surface area contributed by atoms with Crippen LogP contribution in [0.2, 0.25) is 0 Å². The number of para-hydroxylation sites is 1. The lowest BCUT2D eigenvalue weighted by atomic mass is 10.0. The summed E-state index contributed by atoms with van der Waals surface area (Å²) in [4.78, 5) is 44.4. The van der Waals surface area contributed by atoms with Crippen LogP contribution in [0, 0.1) is 0 Å². The lowest BCUT2D eigenvalue weighted by molar-refractivity contribution is -0.121. The number of sulfonamides is 1. The topological polar surface area (TPSA) is 153 Å². The normalized spacial score (nSPS) is 12.3. The van der Waals surface area contributed by atoms with Crippen LogP contribution in [0.25, 0.3) is 10.2 Å². The molecule has 0 fully saturated rings. The zero-order valence-corrected chi connectivity index (χ0v) is 28.1. The van der Waals surface area contributed by atoms with E-state index in [1.54, 1.807) is 22.8 Å². The molecule has 45 heavy (non-hydrogen) atoms. The van der Waals surface area contributed by atoms with Crippen LogP contribution in [-0.2, 0) is 45.4 Å². The Kier molecular flexibility index (Phi) is 12.0. The molecule has 1 atom stereocenters. The number of hydrogen-bond donors (Lipinski definition) is 3. The van der Waals surface area contributed by atoms with E-state index in [0.29, 0.717) is 41.2 Å². The first-order valence-electron chi connectivity index (χ1n) is 15.0. The van der Waals surface area contributed by atoms with Gasteiger partial charge in [0.2, 0.25) is 21.8 Å². The van der Waals surface area contributed by atoms with Crippen LogP contribution < -0.4 is 21.3 Å². The van der Waals surface area contributed by atoms with Crippen LogP contribution in [0.1, 0.15) is 56.7 Å². The average molecular weight is 670 g/mol. The molecule has 1 unspecified atom stereocenters. The molecule has 2 amide bonds. The average Bonchev–Trinajstić information content (AvgIpc) is 3.50. The highest BCUT2D eigenvalue weighted by molar-refractivity contribution is 8.00. The summed E-state index contributed by atoms with van der Waals surface area (Å²) in [5.74, 6) is -0.293. The van der Waals surface area contributed by atoms with Crippen molar-refractivity contribution in [2.75, 3.05) is 11.9 Å². The maximum Gasteiger partial charge on any atom is 0.272 e. The van der Waals surface area contributed by atoms with Crippen LogP contribution in [0.4, 0.5) is 5.69 Å². The van der Waals surface area contributed by atoms with Crippen molar-refractivity contribution in [2.45, 2.75) is 81.1 Å². The summed E-state index contributed by atoms with van der Waals surface area (Å²) >= 11 is 2.60. The Balaban J connectivity index is 1.41. The van der Waals surface area contributed by atoms with Gasteiger partial charge in [-0.05, 0) is 72.4 Å². The second kappa shape index (κ2) is 15.7. The van der Waals surface area contributed by atoms with E-state index in [2.05, 4.69) is 24.5 Å². The van der Waals surface area contributed by atoms with Gasteiger partial charge in [0.25, 0.3) is 5.56 Å². The number of thioether (sulfide) groups is 1. The summed E-state index contributed by atoms with van der Waals surface area (Å²) in [6, 6.07) is 14.1. The van der Waals surface area contributed by atoms with Crippen LogP contribution in [0.5, 0.6) is 0 Å². The molecule has 0 aliphatic heterocycles. The van der Waals surface area contributed by atoms with Crippen LogP contribution in [0.3, 0.4) is 0 Å². The standard InChI is InChI=1S/C32H39N5O5S3/c1-4-22-9-7-10-23(5-2)28(22)36-30(39)26(6-3)44-32-35-25-17-20-43-29(25)31(40)37(32)19-8-11-27(38)34-18-16-21-12-14-24(15-13-21)45(33,41)42/h7,9-10,12-15,17,20,26H,4-6,8,11,16,18-19H2,1-3H3,(H,34,38)(H,36,39)(H2,33,41,42).